The molecule has 172 valence electrons. The molecular formula is C24H26FN5OS2. The fraction of sp³-hybridized carbons (Fsp3) is 0.333. The Hall–Kier alpha value is -2.78. The molecule has 6 nitrogen and oxygen atoms in total. The molecule has 0 bridgehead atoms. The van der Waals surface area contributed by atoms with E-state index in [0.717, 1.165) is 15.2 Å². The minimum absolute atomic E-state index is 0.0294. The minimum Gasteiger partial charge on any atom is -0.336 e. The number of fused-ring (bicyclic) bond motifs is 1. The average molecular weight is 484 g/mol. The van der Waals surface area contributed by atoms with E-state index in [2.05, 4.69) is 29.0 Å². The third-order valence-electron chi connectivity index (χ3n) is 5.35. The van der Waals surface area contributed by atoms with Gasteiger partial charge >= 0.3 is 0 Å². The van der Waals surface area contributed by atoms with Crippen molar-refractivity contribution in [1.82, 2.24) is 24.6 Å². The number of halogens is 1. The number of para-hydroxylation sites is 1. The fourth-order valence-corrected chi connectivity index (χ4v) is 5.38. The molecule has 33 heavy (non-hydrogen) atoms. The summed E-state index contributed by atoms with van der Waals surface area (Å²) in [6.45, 7) is 6.78. The van der Waals surface area contributed by atoms with Gasteiger partial charge in [-0.2, -0.15) is 0 Å². The monoisotopic (exact) mass is 483 g/mol. The van der Waals surface area contributed by atoms with Gasteiger partial charge in [0.2, 0.25) is 5.91 Å². The molecule has 1 atom stereocenters. The molecule has 0 unspecified atom stereocenters. The highest BCUT2D eigenvalue weighted by molar-refractivity contribution is 7.99. The van der Waals surface area contributed by atoms with Crippen LogP contribution in [-0.2, 0) is 11.3 Å². The molecule has 2 aromatic carbocycles. The molecule has 0 saturated heterocycles. The summed E-state index contributed by atoms with van der Waals surface area (Å²) < 4.78 is 17.4. The van der Waals surface area contributed by atoms with E-state index in [1.165, 1.54) is 17.8 Å². The Kier molecular flexibility index (Phi) is 7.09. The zero-order valence-corrected chi connectivity index (χ0v) is 20.7. The van der Waals surface area contributed by atoms with Crippen molar-refractivity contribution < 1.29 is 9.18 Å². The van der Waals surface area contributed by atoms with Crippen LogP contribution < -0.4 is 0 Å². The van der Waals surface area contributed by atoms with Crippen molar-refractivity contribution in [1.29, 1.82) is 0 Å². The lowest BCUT2D eigenvalue weighted by atomic mass is 10.2. The van der Waals surface area contributed by atoms with Crippen LogP contribution in [0.3, 0.4) is 0 Å². The number of thioether (sulfide) groups is 1. The third-order valence-corrected chi connectivity index (χ3v) is 7.50. The molecule has 0 aliphatic rings. The fourth-order valence-electron chi connectivity index (χ4n) is 3.45. The maximum absolute atomic E-state index is 14.4. The summed E-state index contributed by atoms with van der Waals surface area (Å²) in [4.78, 5) is 19.4. The maximum Gasteiger partial charge on any atom is 0.233 e. The highest BCUT2D eigenvalue weighted by Gasteiger charge is 2.23. The summed E-state index contributed by atoms with van der Waals surface area (Å²) >= 11 is 2.93. The summed E-state index contributed by atoms with van der Waals surface area (Å²) in [5.74, 6) is 0.626. The van der Waals surface area contributed by atoms with E-state index in [1.807, 2.05) is 35.8 Å². The number of carbonyl (C=O) groups excluding carboxylic acids is 1. The van der Waals surface area contributed by atoms with Gasteiger partial charge in [0, 0.05) is 13.6 Å². The van der Waals surface area contributed by atoms with Crippen LogP contribution in [0.25, 0.3) is 21.6 Å². The standard InChI is InChI=1S/C24H26FN5OS2/c1-15(2)13-30-22(17-9-5-6-10-18(17)25)27-28-24(30)32-14-21(31)29(4)16(3)23-26-19-11-7-8-12-20(19)33-23/h5-12,15-16H,13-14H2,1-4H3/t16-/m1/s1. The second-order valence-corrected chi connectivity index (χ2v) is 10.3. The van der Waals surface area contributed by atoms with Crippen molar-refractivity contribution in [3.8, 4) is 11.4 Å². The number of carbonyl (C=O) groups is 1. The van der Waals surface area contributed by atoms with Crippen molar-refractivity contribution >= 4 is 39.2 Å². The van der Waals surface area contributed by atoms with Gasteiger partial charge in [0.1, 0.15) is 10.8 Å². The number of aromatic nitrogens is 4. The summed E-state index contributed by atoms with van der Waals surface area (Å²) in [5, 5.41) is 10.0. The van der Waals surface area contributed by atoms with Crippen LogP contribution in [0.4, 0.5) is 4.39 Å². The zero-order valence-electron chi connectivity index (χ0n) is 19.0. The van der Waals surface area contributed by atoms with Gasteiger partial charge in [0.25, 0.3) is 0 Å². The van der Waals surface area contributed by atoms with Crippen LogP contribution in [0.5, 0.6) is 0 Å². The van der Waals surface area contributed by atoms with Crippen LogP contribution in [0.2, 0.25) is 0 Å². The van der Waals surface area contributed by atoms with E-state index in [-0.39, 0.29) is 23.5 Å². The molecule has 0 N–H and O–H groups in total. The summed E-state index contributed by atoms with van der Waals surface area (Å²) in [6, 6.07) is 14.4. The lowest BCUT2D eigenvalue weighted by Crippen LogP contribution is -2.31. The highest BCUT2D eigenvalue weighted by Crippen LogP contribution is 2.30. The topological polar surface area (TPSA) is 63.9 Å². The van der Waals surface area contributed by atoms with Crippen molar-refractivity contribution in [3.63, 3.8) is 0 Å². The van der Waals surface area contributed by atoms with Gasteiger partial charge in [-0.25, -0.2) is 9.37 Å². The van der Waals surface area contributed by atoms with Crippen LogP contribution >= 0.6 is 23.1 Å². The molecular weight excluding hydrogens is 457 g/mol. The van der Waals surface area contributed by atoms with Crippen molar-refractivity contribution in [2.24, 2.45) is 5.92 Å². The summed E-state index contributed by atoms with van der Waals surface area (Å²) in [6.07, 6.45) is 0. The van der Waals surface area contributed by atoms with E-state index in [9.17, 15) is 9.18 Å². The number of thiazole rings is 1. The molecule has 9 heteroatoms. The lowest BCUT2D eigenvalue weighted by molar-refractivity contribution is -0.128. The summed E-state index contributed by atoms with van der Waals surface area (Å²) in [5.41, 5.74) is 1.35. The van der Waals surface area contributed by atoms with E-state index in [4.69, 9.17) is 0 Å². The molecule has 1 amide bonds. The van der Waals surface area contributed by atoms with Gasteiger partial charge in [-0.1, -0.05) is 49.9 Å². The molecule has 0 aliphatic heterocycles. The maximum atomic E-state index is 14.4. The Morgan fingerprint density at radius 2 is 1.85 bits per heavy atom. The molecule has 2 aromatic heterocycles. The second kappa shape index (κ2) is 10.0. The van der Waals surface area contributed by atoms with Crippen LogP contribution in [0.15, 0.2) is 53.7 Å². The van der Waals surface area contributed by atoms with Gasteiger partial charge in [-0.3, -0.25) is 4.79 Å². The molecule has 0 radical (unpaired) electrons. The molecule has 4 rings (SSSR count). The van der Waals surface area contributed by atoms with E-state index in [1.54, 1.807) is 41.5 Å². The highest BCUT2D eigenvalue weighted by atomic mass is 32.2. The van der Waals surface area contributed by atoms with Gasteiger partial charge in [-0.05, 0) is 37.1 Å². The number of nitrogens with zero attached hydrogens (tertiary/aromatic N) is 5. The van der Waals surface area contributed by atoms with Gasteiger partial charge < -0.3 is 9.47 Å². The third kappa shape index (κ3) is 5.09. The number of amides is 1. The van der Waals surface area contributed by atoms with Gasteiger partial charge in [0.05, 0.1) is 27.6 Å². The first kappa shape index (κ1) is 23.4. The Morgan fingerprint density at radius 3 is 2.58 bits per heavy atom. The molecule has 2 heterocycles. The van der Waals surface area contributed by atoms with Crippen molar-refractivity contribution in [2.45, 2.75) is 38.5 Å². The zero-order chi connectivity index (χ0) is 23.5. The van der Waals surface area contributed by atoms with E-state index >= 15 is 0 Å². The Bertz CT molecular complexity index is 1240. The molecule has 0 saturated carbocycles. The Balaban J connectivity index is 1.49. The van der Waals surface area contributed by atoms with Crippen LogP contribution in [0, 0.1) is 11.7 Å². The quantitative estimate of drug-likeness (QED) is 0.303. The van der Waals surface area contributed by atoms with Gasteiger partial charge in [-0.15, -0.1) is 21.5 Å². The minimum atomic E-state index is -0.341. The van der Waals surface area contributed by atoms with E-state index < -0.39 is 0 Å². The molecule has 4 aromatic rings. The van der Waals surface area contributed by atoms with Gasteiger partial charge in [0.15, 0.2) is 11.0 Å². The molecule has 0 fully saturated rings. The van der Waals surface area contributed by atoms with Crippen LogP contribution in [-0.4, -0.2) is 43.4 Å². The Labute approximate surface area is 200 Å². The number of hydrogen-bond donors (Lipinski definition) is 0. The number of hydrogen-bond acceptors (Lipinski definition) is 6. The smallest absolute Gasteiger partial charge is 0.233 e. The largest absolute Gasteiger partial charge is 0.336 e. The van der Waals surface area contributed by atoms with E-state index in [0.29, 0.717) is 29.0 Å². The molecule has 0 spiro atoms. The molecule has 0 aliphatic carbocycles. The predicted molar refractivity (Wildman–Crippen MR) is 132 cm³/mol. The average Bonchev–Trinajstić information content (AvgIpc) is 3.40. The van der Waals surface area contributed by atoms with Crippen molar-refractivity contribution in [2.75, 3.05) is 12.8 Å². The Morgan fingerprint density at radius 1 is 1.12 bits per heavy atom. The number of rotatable bonds is 8. The SMILES string of the molecule is CC(C)Cn1c(SCC(=O)N(C)[C@H](C)c2nc3ccccc3s2)nnc1-c1ccccc1F. The van der Waals surface area contributed by atoms with Crippen molar-refractivity contribution in [3.05, 3.63) is 59.4 Å². The second-order valence-electron chi connectivity index (χ2n) is 8.28. The lowest BCUT2D eigenvalue weighted by Gasteiger charge is -2.23. The van der Waals surface area contributed by atoms with Crippen LogP contribution in [0.1, 0.15) is 31.8 Å². The predicted octanol–water partition coefficient (Wildman–Crippen LogP) is 5.66. The normalized spacial score (nSPS) is 12.4. The first-order valence-corrected chi connectivity index (χ1v) is 12.6. The first-order chi connectivity index (χ1) is 15.8. The first-order valence-electron chi connectivity index (χ1n) is 10.8. The summed E-state index contributed by atoms with van der Waals surface area (Å²) in [7, 11) is 1.79. The number of benzene rings is 2.